The Morgan fingerprint density at radius 1 is 1.48 bits per heavy atom. The van der Waals surface area contributed by atoms with Gasteiger partial charge in [0.15, 0.2) is 0 Å². The normalized spacial score (nSPS) is 13.3. The van der Waals surface area contributed by atoms with Crippen LogP contribution in [0, 0.1) is 5.82 Å². The van der Waals surface area contributed by atoms with Gasteiger partial charge in [-0.05, 0) is 31.9 Å². The van der Waals surface area contributed by atoms with Crippen LogP contribution in [0.3, 0.4) is 0 Å². The number of rotatable bonds is 8. The number of ether oxygens (including phenoxy) is 1. The fraction of sp³-hybridized carbons (Fsp3) is 0.533. The fourth-order valence-electron chi connectivity index (χ4n) is 1.75. The number of urea groups is 1. The predicted molar refractivity (Wildman–Crippen MR) is 78.8 cm³/mol. The molecule has 0 aliphatic rings. The summed E-state index contributed by atoms with van der Waals surface area (Å²) in [7, 11) is 0. The summed E-state index contributed by atoms with van der Waals surface area (Å²) in [5, 5.41) is 14.2. The molecule has 21 heavy (non-hydrogen) atoms. The Kier molecular flexibility index (Phi) is 7.53. The Hall–Kier alpha value is -1.82. The van der Waals surface area contributed by atoms with Crippen LogP contribution >= 0.6 is 0 Å². The molecule has 1 aromatic carbocycles. The number of hydrogen-bond donors (Lipinski definition) is 3. The van der Waals surface area contributed by atoms with Gasteiger partial charge in [0.05, 0.1) is 6.54 Å². The molecule has 5 nitrogen and oxygen atoms in total. The second-order valence-electron chi connectivity index (χ2n) is 4.87. The molecule has 3 N–H and O–H groups in total. The van der Waals surface area contributed by atoms with Crippen LogP contribution in [0.5, 0.6) is 5.75 Å². The minimum atomic E-state index is -0.356. The van der Waals surface area contributed by atoms with Crippen LogP contribution in [0.25, 0.3) is 0 Å². The van der Waals surface area contributed by atoms with Crippen molar-refractivity contribution in [2.45, 2.75) is 38.8 Å². The number of carbonyl (C=O) groups excluding carboxylic acids is 1. The first-order valence-electron chi connectivity index (χ1n) is 7.12. The summed E-state index contributed by atoms with van der Waals surface area (Å²) in [4.78, 5) is 11.6. The lowest BCUT2D eigenvalue weighted by molar-refractivity contribution is 0.187. The minimum absolute atomic E-state index is 0.0295. The van der Waals surface area contributed by atoms with Crippen molar-refractivity contribution in [3.05, 3.63) is 30.1 Å². The molecule has 0 aromatic heterocycles. The molecule has 1 aromatic rings. The lowest BCUT2D eigenvalue weighted by Gasteiger charge is -2.19. The van der Waals surface area contributed by atoms with Crippen molar-refractivity contribution in [3.63, 3.8) is 0 Å². The van der Waals surface area contributed by atoms with Crippen molar-refractivity contribution >= 4 is 6.03 Å². The van der Waals surface area contributed by atoms with Crippen LogP contribution in [-0.4, -0.2) is 36.4 Å². The quantitative estimate of drug-likeness (QED) is 0.688. The lowest BCUT2D eigenvalue weighted by Crippen LogP contribution is -2.44. The second kappa shape index (κ2) is 9.18. The SMILES string of the molecule is CCC(CNC(=O)N[C@H](C)CCO)Oc1cccc(F)c1. The zero-order chi connectivity index (χ0) is 15.7. The number of nitrogens with one attached hydrogen (secondary N) is 2. The molecule has 0 aliphatic carbocycles. The molecular formula is C15H23FN2O3. The number of carbonyl (C=O) groups is 1. The van der Waals surface area contributed by atoms with Gasteiger partial charge in [0.2, 0.25) is 0 Å². The van der Waals surface area contributed by atoms with Crippen LogP contribution in [-0.2, 0) is 0 Å². The molecule has 0 fully saturated rings. The molecular weight excluding hydrogens is 275 g/mol. The Morgan fingerprint density at radius 2 is 2.24 bits per heavy atom. The molecule has 2 amide bonds. The van der Waals surface area contributed by atoms with Crippen LogP contribution in [0.15, 0.2) is 24.3 Å². The Balaban J connectivity index is 2.38. The van der Waals surface area contributed by atoms with E-state index < -0.39 is 0 Å². The number of hydrogen-bond acceptors (Lipinski definition) is 3. The fourth-order valence-corrected chi connectivity index (χ4v) is 1.75. The number of benzene rings is 1. The Labute approximate surface area is 124 Å². The molecule has 1 rings (SSSR count). The molecule has 1 unspecified atom stereocenters. The van der Waals surface area contributed by atoms with Crippen molar-refractivity contribution < 1.29 is 19.0 Å². The topological polar surface area (TPSA) is 70.6 Å². The Morgan fingerprint density at radius 3 is 2.86 bits per heavy atom. The van der Waals surface area contributed by atoms with Crippen molar-refractivity contribution in [2.75, 3.05) is 13.2 Å². The molecule has 2 atom stereocenters. The van der Waals surface area contributed by atoms with Gasteiger partial charge < -0.3 is 20.5 Å². The van der Waals surface area contributed by atoms with Crippen LogP contribution in [0.4, 0.5) is 9.18 Å². The van der Waals surface area contributed by atoms with Gasteiger partial charge in [0, 0.05) is 18.7 Å². The molecule has 0 heterocycles. The molecule has 0 spiro atoms. The third-order valence-electron chi connectivity index (χ3n) is 2.98. The van der Waals surface area contributed by atoms with E-state index in [1.165, 1.54) is 12.1 Å². The number of amides is 2. The summed E-state index contributed by atoms with van der Waals surface area (Å²) in [6.45, 7) is 4.10. The van der Waals surface area contributed by atoms with Crippen molar-refractivity contribution in [3.8, 4) is 5.75 Å². The van der Waals surface area contributed by atoms with E-state index in [-0.39, 0.29) is 30.6 Å². The van der Waals surface area contributed by atoms with Gasteiger partial charge in [-0.3, -0.25) is 0 Å². The van der Waals surface area contributed by atoms with E-state index in [1.807, 2.05) is 13.8 Å². The first-order chi connectivity index (χ1) is 10.0. The number of halogens is 1. The van der Waals surface area contributed by atoms with Gasteiger partial charge in [-0.25, -0.2) is 9.18 Å². The average molecular weight is 298 g/mol. The van der Waals surface area contributed by atoms with Crippen LogP contribution in [0.1, 0.15) is 26.7 Å². The highest BCUT2D eigenvalue weighted by Gasteiger charge is 2.12. The number of aliphatic hydroxyl groups is 1. The summed E-state index contributed by atoms with van der Waals surface area (Å²) >= 11 is 0. The van der Waals surface area contributed by atoms with Gasteiger partial charge in [-0.2, -0.15) is 0 Å². The van der Waals surface area contributed by atoms with E-state index in [4.69, 9.17) is 9.84 Å². The first kappa shape index (κ1) is 17.2. The highest BCUT2D eigenvalue weighted by atomic mass is 19.1. The highest BCUT2D eigenvalue weighted by Crippen LogP contribution is 2.14. The zero-order valence-corrected chi connectivity index (χ0v) is 12.4. The molecule has 118 valence electrons. The summed E-state index contributed by atoms with van der Waals surface area (Å²) in [5.41, 5.74) is 0. The molecule has 0 aliphatic heterocycles. The van der Waals surface area contributed by atoms with E-state index in [9.17, 15) is 9.18 Å². The first-order valence-corrected chi connectivity index (χ1v) is 7.12. The third-order valence-corrected chi connectivity index (χ3v) is 2.98. The van der Waals surface area contributed by atoms with Crippen molar-refractivity contribution in [1.82, 2.24) is 10.6 Å². The molecule has 6 heteroatoms. The zero-order valence-electron chi connectivity index (χ0n) is 12.4. The summed E-state index contributed by atoms with van der Waals surface area (Å²) in [6.07, 6.45) is 0.957. The van der Waals surface area contributed by atoms with Gasteiger partial charge in [0.1, 0.15) is 17.7 Å². The van der Waals surface area contributed by atoms with Gasteiger partial charge >= 0.3 is 6.03 Å². The molecule has 0 radical (unpaired) electrons. The van der Waals surface area contributed by atoms with Gasteiger partial charge in [-0.15, -0.1) is 0 Å². The maximum atomic E-state index is 13.1. The summed E-state index contributed by atoms with van der Waals surface area (Å²) in [6, 6.07) is 5.51. The predicted octanol–water partition coefficient (Wildman–Crippen LogP) is 2.05. The monoisotopic (exact) mass is 298 g/mol. The maximum absolute atomic E-state index is 13.1. The Bertz CT molecular complexity index is 443. The van der Waals surface area contributed by atoms with E-state index in [0.29, 0.717) is 25.1 Å². The van der Waals surface area contributed by atoms with Crippen LogP contribution < -0.4 is 15.4 Å². The van der Waals surface area contributed by atoms with Crippen LogP contribution in [0.2, 0.25) is 0 Å². The maximum Gasteiger partial charge on any atom is 0.315 e. The highest BCUT2D eigenvalue weighted by molar-refractivity contribution is 5.74. The number of aliphatic hydroxyl groups excluding tert-OH is 1. The minimum Gasteiger partial charge on any atom is -0.489 e. The van der Waals surface area contributed by atoms with E-state index >= 15 is 0 Å². The van der Waals surface area contributed by atoms with Gasteiger partial charge in [-0.1, -0.05) is 13.0 Å². The smallest absolute Gasteiger partial charge is 0.315 e. The van der Waals surface area contributed by atoms with E-state index in [0.717, 1.165) is 0 Å². The van der Waals surface area contributed by atoms with Gasteiger partial charge in [0.25, 0.3) is 0 Å². The van der Waals surface area contributed by atoms with E-state index in [2.05, 4.69) is 10.6 Å². The molecule has 0 bridgehead atoms. The lowest BCUT2D eigenvalue weighted by atomic mass is 10.2. The largest absolute Gasteiger partial charge is 0.489 e. The second-order valence-corrected chi connectivity index (χ2v) is 4.87. The summed E-state index contributed by atoms with van der Waals surface area (Å²) < 4.78 is 18.7. The van der Waals surface area contributed by atoms with Crippen molar-refractivity contribution in [2.24, 2.45) is 0 Å². The standard InChI is InChI=1S/C15H23FN2O3/c1-3-13(21-14-6-4-5-12(16)9-14)10-17-15(20)18-11(2)7-8-19/h4-6,9,11,13,19H,3,7-8,10H2,1-2H3,(H2,17,18,20)/t11-,13?/m1/s1. The van der Waals surface area contributed by atoms with Crippen molar-refractivity contribution in [1.29, 1.82) is 0 Å². The molecule has 0 saturated carbocycles. The summed E-state index contributed by atoms with van der Waals surface area (Å²) in [5.74, 6) is 0.0867. The average Bonchev–Trinajstić information content (AvgIpc) is 2.43. The third kappa shape index (κ3) is 6.94. The van der Waals surface area contributed by atoms with E-state index in [1.54, 1.807) is 12.1 Å². The molecule has 0 saturated heterocycles.